The molecule has 0 atom stereocenters. The predicted octanol–water partition coefficient (Wildman–Crippen LogP) is 1.69. The van der Waals surface area contributed by atoms with Gasteiger partial charge >= 0.3 is 0 Å². The van der Waals surface area contributed by atoms with Crippen molar-refractivity contribution in [3.8, 4) is 11.5 Å². The minimum absolute atomic E-state index is 0.0440. The highest BCUT2D eigenvalue weighted by molar-refractivity contribution is 5.94. The molecule has 0 spiro atoms. The van der Waals surface area contributed by atoms with Gasteiger partial charge in [-0.05, 0) is 25.1 Å². The summed E-state index contributed by atoms with van der Waals surface area (Å²) < 4.78 is 4.83. The van der Waals surface area contributed by atoms with E-state index in [-0.39, 0.29) is 11.5 Å². The lowest BCUT2D eigenvalue weighted by atomic mass is 10.1. The second-order valence-electron chi connectivity index (χ2n) is 2.96. The molecule has 1 rings (SSSR count). The van der Waals surface area contributed by atoms with Gasteiger partial charge in [-0.1, -0.05) is 0 Å². The number of carboxylic acid groups (broad SMARTS) is 1. The van der Waals surface area contributed by atoms with Gasteiger partial charge in [0.15, 0.2) is 17.3 Å². The second kappa shape index (κ2) is 6.44. The van der Waals surface area contributed by atoms with Crippen molar-refractivity contribution < 1.29 is 24.5 Å². The van der Waals surface area contributed by atoms with E-state index in [1.165, 1.54) is 26.2 Å². The highest BCUT2D eigenvalue weighted by Crippen LogP contribution is 2.26. The first-order valence-corrected chi connectivity index (χ1v) is 4.46. The number of hydrogen-bond acceptors (Lipinski definition) is 4. The lowest BCUT2D eigenvalue weighted by Crippen LogP contribution is -1.92. The molecule has 2 N–H and O–H groups in total. The number of carbonyl (C=O) groups is 2. The maximum absolute atomic E-state index is 10.9. The molecule has 0 bridgehead atoms. The maximum Gasteiger partial charge on any atom is 0.300 e. The summed E-state index contributed by atoms with van der Waals surface area (Å²) in [5, 5.41) is 16.6. The summed E-state index contributed by atoms with van der Waals surface area (Å²) in [7, 11) is 1.44. The van der Waals surface area contributed by atoms with Crippen LogP contribution in [0.5, 0.6) is 11.5 Å². The smallest absolute Gasteiger partial charge is 0.300 e. The van der Waals surface area contributed by atoms with Crippen LogP contribution in [0.25, 0.3) is 0 Å². The van der Waals surface area contributed by atoms with Crippen LogP contribution in [0.2, 0.25) is 0 Å². The van der Waals surface area contributed by atoms with Crippen molar-refractivity contribution in [2.24, 2.45) is 0 Å². The number of aliphatic carboxylic acids is 1. The molecule has 5 nitrogen and oxygen atoms in total. The van der Waals surface area contributed by atoms with E-state index >= 15 is 0 Å². The maximum atomic E-state index is 10.9. The summed E-state index contributed by atoms with van der Waals surface area (Å²) in [5.41, 5.74) is 0.532. The molecule has 0 heterocycles. The molecule has 0 radical (unpaired) electrons. The monoisotopic (exact) mass is 226 g/mol. The van der Waals surface area contributed by atoms with E-state index < -0.39 is 5.97 Å². The van der Waals surface area contributed by atoms with Gasteiger partial charge in [-0.3, -0.25) is 9.59 Å². The number of Topliss-reactive ketones (excluding diaryl/α,β-unsaturated/α-hetero) is 1. The zero-order chi connectivity index (χ0) is 12.7. The molecule has 0 aromatic heterocycles. The molecule has 0 amide bonds. The van der Waals surface area contributed by atoms with E-state index in [0.717, 1.165) is 6.92 Å². The summed E-state index contributed by atoms with van der Waals surface area (Å²) in [6.07, 6.45) is 0. The molecule has 1 aromatic carbocycles. The highest BCUT2D eigenvalue weighted by atomic mass is 16.5. The molecular formula is C11H14O5. The van der Waals surface area contributed by atoms with Crippen LogP contribution in [0.15, 0.2) is 18.2 Å². The second-order valence-corrected chi connectivity index (χ2v) is 2.96. The molecule has 88 valence electrons. The van der Waals surface area contributed by atoms with Crippen LogP contribution in [-0.2, 0) is 4.79 Å². The number of hydrogen-bond donors (Lipinski definition) is 2. The number of phenolic OH excluding ortho intramolecular Hbond substituents is 1. The number of carbonyl (C=O) groups excluding carboxylic acids is 1. The summed E-state index contributed by atoms with van der Waals surface area (Å²) in [6, 6.07) is 4.51. The SMILES string of the molecule is CC(=O)O.COc1cc(C(C)=O)ccc1O. The number of methoxy groups -OCH3 is 1. The van der Waals surface area contributed by atoms with E-state index in [1.54, 1.807) is 6.07 Å². The average Bonchev–Trinajstić information content (AvgIpc) is 2.17. The Labute approximate surface area is 93.3 Å². The fourth-order valence-corrected chi connectivity index (χ4v) is 0.897. The molecule has 0 aliphatic heterocycles. The van der Waals surface area contributed by atoms with Gasteiger partial charge in [-0.15, -0.1) is 0 Å². The zero-order valence-electron chi connectivity index (χ0n) is 9.35. The summed E-state index contributed by atoms with van der Waals surface area (Å²) in [5.74, 6) is -0.515. The van der Waals surface area contributed by atoms with E-state index in [1.807, 2.05) is 0 Å². The first-order chi connectivity index (χ1) is 7.38. The Kier molecular flexibility index (Phi) is 5.62. The molecule has 0 unspecified atom stereocenters. The number of benzene rings is 1. The first kappa shape index (κ1) is 14.0. The molecule has 0 aliphatic carbocycles. The van der Waals surface area contributed by atoms with E-state index in [9.17, 15) is 9.90 Å². The normalized spacial score (nSPS) is 8.69. The van der Waals surface area contributed by atoms with Crippen LogP contribution in [0.3, 0.4) is 0 Å². The van der Waals surface area contributed by atoms with E-state index in [2.05, 4.69) is 0 Å². The summed E-state index contributed by atoms with van der Waals surface area (Å²) in [4.78, 5) is 19.9. The van der Waals surface area contributed by atoms with Gasteiger partial charge in [-0.2, -0.15) is 0 Å². The van der Waals surface area contributed by atoms with Crippen LogP contribution >= 0.6 is 0 Å². The van der Waals surface area contributed by atoms with Crippen molar-refractivity contribution in [3.63, 3.8) is 0 Å². The summed E-state index contributed by atoms with van der Waals surface area (Å²) in [6.45, 7) is 2.55. The van der Waals surface area contributed by atoms with Crippen molar-refractivity contribution in [2.75, 3.05) is 7.11 Å². The van der Waals surface area contributed by atoms with Crippen LogP contribution in [-0.4, -0.2) is 29.1 Å². The fourth-order valence-electron chi connectivity index (χ4n) is 0.897. The van der Waals surface area contributed by atoms with Gasteiger partial charge < -0.3 is 14.9 Å². The van der Waals surface area contributed by atoms with Crippen molar-refractivity contribution in [1.29, 1.82) is 0 Å². The molecule has 0 aliphatic rings. The number of carboxylic acids is 1. The Hall–Kier alpha value is -2.04. The third-order valence-electron chi connectivity index (χ3n) is 1.59. The minimum atomic E-state index is -0.833. The molecule has 1 aromatic rings. The molecule has 5 heteroatoms. The minimum Gasteiger partial charge on any atom is -0.504 e. The number of aromatic hydroxyl groups is 1. The number of rotatable bonds is 2. The Morgan fingerprint density at radius 2 is 1.75 bits per heavy atom. The van der Waals surface area contributed by atoms with Crippen molar-refractivity contribution in [2.45, 2.75) is 13.8 Å². The van der Waals surface area contributed by atoms with Gasteiger partial charge in [0.2, 0.25) is 0 Å². The van der Waals surface area contributed by atoms with Crippen molar-refractivity contribution in [3.05, 3.63) is 23.8 Å². The van der Waals surface area contributed by atoms with Gasteiger partial charge in [0.05, 0.1) is 7.11 Å². The lowest BCUT2D eigenvalue weighted by molar-refractivity contribution is -0.134. The van der Waals surface area contributed by atoms with E-state index in [0.29, 0.717) is 11.3 Å². The van der Waals surface area contributed by atoms with Crippen LogP contribution < -0.4 is 4.74 Å². The Morgan fingerprint density at radius 3 is 2.12 bits per heavy atom. The first-order valence-electron chi connectivity index (χ1n) is 4.46. The number of phenols is 1. The lowest BCUT2D eigenvalue weighted by Gasteiger charge is -2.03. The quantitative estimate of drug-likeness (QED) is 0.750. The number of ether oxygens (including phenoxy) is 1. The van der Waals surface area contributed by atoms with E-state index in [4.69, 9.17) is 14.6 Å². The van der Waals surface area contributed by atoms with Gasteiger partial charge in [0.1, 0.15) is 0 Å². The topological polar surface area (TPSA) is 83.8 Å². The van der Waals surface area contributed by atoms with Gasteiger partial charge in [-0.25, -0.2) is 0 Å². The fraction of sp³-hybridized carbons (Fsp3) is 0.273. The van der Waals surface area contributed by atoms with Gasteiger partial charge in [0.25, 0.3) is 5.97 Å². The molecule has 0 saturated heterocycles. The van der Waals surface area contributed by atoms with Crippen LogP contribution in [0.1, 0.15) is 24.2 Å². The largest absolute Gasteiger partial charge is 0.504 e. The average molecular weight is 226 g/mol. The van der Waals surface area contributed by atoms with Crippen molar-refractivity contribution >= 4 is 11.8 Å². The Bertz CT molecular complexity index is 380. The third-order valence-corrected chi connectivity index (χ3v) is 1.59. The Balaban J connectivity index is 0.000000487. The standard InChI is InChI=1S/C9H10O3.C2H4O2/c1-6(10)7-3-4-8(11)9(5-7)12-2;1-2(3)4/h3-5,11H,1-2H3;1H3,(H,3,4). The summed E-state index contributed by atoms with van der Waals surface area (Å²) >= 11 is 0. The van der Waals surface area contributed by atoms with Crippen molar-refractivity contribution in [1.82, 2.24) is 0 Å². The molecule has 0 saturated carbocycles. The molecular weight excluding hydrogens is 212 g/mol. The highest BCUT2D eigenvalue weighted by Gasteiger charge is 2.04. The van der Waals surface area contributed by atoms with Crippen LogP contribution in [0, 0.1) is 0 Å². The van der Waals surface area contributed by atoms with Crippen LogP contribution in [0.4, 0.5) is 0 Å². The zero-order valence-corrected chi connectivity index (χ0v) is 9.35. The molecule has 16 heavy (non-hydrogen) atoms. The Morgan fingerprint density at radius 1 is 1.25 bits per heavy atom. The molecule has 0 fully saturated rings. The third kappa shape index (κ3) is 4.99. The van der Waals surface area contributed by atoms with Gasteiger partial charge in [0, 0.05) is 12.5 Å². The number of ketones is 1. The predicted molar refractivity (Wildman–Crippen MR) is 58.0 cm³/mol.